The normalized spacial score (nSPS) is 9.57. The molecule has 0 aliphatic heterocycles. The molecule has 0 radical (unpaired) electrons. The van der Waals surface area contributed by atoms with Gasteiger partial charge in [-0.15, -0.1) is 0 Å². The van der Waals surface area contributed by atoms with Crippen molar-refractivity contribution in [3.05, 3.63) is 29.3 Å². The third-order valence-electron chi connectivity index (χ3n) is 2.18. The minimum absolute atomic E-state index is 0.392. The standard InChI is InChI=1S/C10H12BNO2/c1-8-4-2-5-9(6-3-7-12)10(8)11(13)14/h2,4-5,13-14H,3,6H2,1H3. The van der Waals surface area contributed by atoms with E-state index in [0.717, 1.165) is 11.1 Å². The van der Waals surface area contributed by atoms with Crippen molar-refractivity contribution in [1.29, 1.82) is 5.26 Å². The highest BCUT2D eigenvalue weighted by Gasteiger charge is 2.17. The van der Waals surface area contributed by atoms with Crippen molar-refractivity contribution in [1.82, 2.24) is 0 Å². The number of nitriles is 1. The summed E-state index contributed by atoms with van der Waals surface area (Å²) in [4.78, 5) is 0. The van der Waals surface area contributed by atoms with E-state index in [0.29, 0.717) is 18.3 Å². The predicted octanol–water partition coefficient (Wildman–Crippen LogP) is 0.131. The van der Waals surface area contributed by atoms with Gasteiger partial charge in [-0.3, -0.25) is 0 Å². The van der Waals surface area contributed by atoms with Crippen molar-refractivity contribution in [2.75, 3.05) is 0 Å². The summed E-state index contributed by atoms with van der Waals surface area (Å²) in [7, 11) is -1.45. The van der Waals surface area contributed by atoms with Crippen LogP contribution in [0.4, 0.5) is 0 Å². The topological polar surface area (TPSA) is 64.2 Å². The molecule has 1 rings (SSSR count). The molecule has 0 spiro atoms. The Morgan fingerprint density at radius 3 is 2.71 bits per heavy atom. The number of aryl methyl sites for hydroxylation is 2. The summed E-state index contributed by atoms with van der Waals surface area (Å²) in [6.45, 7) is 1.82. The molecule has 0 aliphatic rings. The fourth-order valence-electron chi connectivity index (χ4n) is 1.52. The maximum absolute atomic E-state index is 9.16. The van der Waals surface area contributed by atoms with Gasteiger partial charge < -0.3 is 10.0 Å². The molecule has 1 aromatic rings. The Labute approximate surface area is 83.8 Å². The van der Waals surface area contributed by atoms with Crippen LogP contribution in [0.15, 0.2) is 18.2 Å². The van der Waals surface area contributed by atoms with E-state index < -0.39 is 7.12 Å². The minimum Gasteiger partial charge on any atom is -0.423 e. The van der Waals surface area contributed by atoms with E-state index in [1.165, 1.54) is 0 Å². The first-order valence-corrected chi connectivity index (χ1v) is 4.48. The third kappa shape index (κ3) is 2.35. The van der Waals surface area contributed by atoms with Crippen LogP contribution in [0.5, 0.6) is 0 Å². The smallest absolute Gasteiger partial charge is 0.423 e. The van der Waals surface area contributed by atoms with Gasteiger partial charge in [0.1, 0.15) is 0 Å². The van der Waals surface area contributed by atoms with Gasteiger partial charge in [0.25, 0.3) is 0 Å². The van der Waals surface area contributed by atoms with E-state index >= 15 is 0 Å². The molecule has 14 heavy (non-hydrogen) atoms. The molecule has 2 N–H and O–H groups in total. The molecule has 0 heterocycles. The van der Waals surface area contributed by atoms with Crippen molar-refractivity contribution < 1.29 is 10.0 Å². The number of hydrogen-bond donors (Lipinski definition) is 2. The number of nitrogens with zero attached hydrogens (tertiary/aromatic N) is 1. The Hall–Kier alpha value is -1.31. The molecule has 0 fully saturated rings. The maximum atomic E-state index is 9.16. The maximum Gasteiger partial charge on any atom is 0.488 e. The molecule has 0 saturated carbocycles. The van der Waals surface area contributed by atoms with Gasteiger partial charge in [0.05, 0.1) is 6.07 Å². The summed E-state index contributed by atoms with van der Waals surface area (Å²) < 4.78 is 0. The van der Waals surface area contributed by atoms with Gasteiger partial charge in [-0.2, -0.15) is 5.26 Å². The molecule has 1 aromatic carbocycles. The summed E-state index contributed by atoms with van der Waals surface area (Å²) in [5.74, 6) is 0. The highest BCUT2D eigenvalue weighted by molar-refractivity contribution is 6.59. The lowest BCUT2D eigenvalue weighted by molar-refractivity contribution is 0.425. The van der Waals surface area contributed by atoms with Gasteiger partial charge >= 0.3 is 7.12 Å². The largest absolute Gasteiger partial charge is 0.488 e. The summed E-state index contributed by atoms with van der Waals surface area (Å²) >= 11 is 0. The van der Waals surface area contributed by atoms with Crippen LogP contribution >= 0.6 is 0 Å². The zero-order valence-electron chi connectivity index (χ0n) is 8.07. The van der Waals surface area contributed by atoms with E-state index in [2.05, 4.69) is 0 Å². The lowest BCUT2D eigenvalue weighted by Crippen LogP contribution is -2.35. The van der Waals surface area contributed by atoms with E-state index in [1.807, 2.05) is 31.2 Å². The molecule has 0 saturated heterocycles. The highest BCUT2D eigenvalue weighted by Crippen LogP contribution is 2.04. The Morgan fingerprint density at radius 2 is 2.14 bits per heavy atom. The van der Waals surface area contributed by atoms with Crippen LogP contribution < -0.4 is 5.46 Å². The molecule has 72 valence electrons. The number of rotatable bonds is 3. The third-order valence-corrected chi connectivity index (χ3v) is 2.18. The van der Waals surface area contributed by atoms with Gasteiger partial charge in [-0.25, -0.2) is 0 Å². The zero-order valence-corrected chi connectivity index (χ0v) is 8.07. The molecule has 4 heteroatoms. The monoisotopic (exact) mass is 189 g/mol. The quantitative estimate of drug-likeness (QED) is 0.664. The first kappa shape index (κ1) is 10.8. The molecule has 0 unspecified atom stereocenters. The predicted molar refractivity (Wildman–Crippen MR) is 54.9 cm³/mol. The Morgan fingerprint density at radius 1 is 1.43 bits per heavy atom. The first-order valence-electron chi connectivity index (χ1n) is 4.48. The van der Waals surface area contributed by atoms with E-state index in [-0.39, 0.29) is 0 Å². The summed E-state index contributed by atoms with van der Waals surface area (Å²) in [5, 5.41) is 26.8. The second kappa shape index (κ2) is 4.80. The lowest BCUT2D eigenvalue weighted by Gasteiger charge is -2.10. The van der Waals surface area contributed by atoms with Crippen molar-refractivity contribution in [2.24, 2.45) is 0 Å². The average molecular weight is 189 g/mol. The van der Waals surface area contributed by atoms with Gasteiger partial charge in [0.15, 0.2) is 0 Å². The minimum atomic E-state index is -1.45. The van der Waals surface area contributed by atoms with Crippen molar-refractivity contribution >= 4 is 12.6 Å². The molecule has 0 aromatic heterocycles. The summed E-state index contributed by atoms with van der Waals surface area (Å²) in [6, 6.07) is 7.54. The second-order valence-corrected chi connectivity index (χ2v) is 3.18. The SMILES string of the molecule is Cc1cccc(CCC#N)c1B(O)O. The van der Waals surface area contributed by atoms with Crippen LogP contribution in [0.3, 0.4) is 0 Å². The second-order valence-electron chi connectivity index (χ2n) is 3.18. The van der Waals surface area contributed by atoms with Gasteiger partial charge in [0, 0.05) is 6.42 Å². The number of hydrogen-bond acceptors (Lipinski definition) is 3. The summed E-state index contributed by atoms with van der Waals surface area (Å²) in [5.41, 5.74) is 2.21. The van der Waals surface area contributed by atoms with Crippen molar-refractivity contribution in [3.63, 3.8) is 0 Å². The molecule has 3 nitrogen and oxygen atoms in total. The zero-order chi connectivity index (χ0) is 10.6. The first-order chi connectivity index (χ1) is 6.66. The van der Waals surface area contributed by atoms with Gasteiger partial charge in [-0.1, -0.05) is 23.8 Å². The van der Waals surface area contributed by atoms with Crippen molar-refractivity contribution in [3.8, 4) is 6.07 Å². The van der Waals surface area contributed by atoms with Crippen LogP contribution in [-0.2, 0) is 6.42 Å². The number of benzene rings is 1. The van der Waals surface area contributed by atoms with E-state index in [1.54, 1.807) is 0 Å². The van der Waals surface area contributed by atoms with E-state index in [9.17, 15) is 0 Å². The summed E-state index contributed by atoms with van der Waals surface area (Å²) in [6.07, 6.45) is 0.953. The van der Waals surface area contributed by atoms with Crippen LogP contribution in [0.2, 0.25) is 0 Å². The van der Waals surface area contributed by atoms with Crippen molar-refractivity contribution in [2.45, 2.75) is 19.8 Å². The van der Waals surface area contributed by atoms with Crippen LogP contribution in [0.25, 0.3) is 0 Å². The molecular formula is C10H12BNO2. The lowest BCUT2D eigenvalue weighted by atomic mass is 9.73. The molecule has 0 bridgehead atoms. The average Bonchev–Trinajstić information content (AvgIpc) is 2.14. The fourth-order valence-corrected chi connectivity index (χ4v) is 1.52. The van der Waals surface area contributed by atoms with Crippen LogP contribution in [0, 0.1) is 18.3 Å². The molecule has 0 atom stereocenters. The Kier molecular flexibility index (Phi) is 3.69. The van der Waals surface area contributed by atoms with Crippen LogP contribution in [-0.4, -0.2) is 17.2 Å². The van der Waals surface area contributed by atoms with Crippen LogP contribution in [0.1, 0.15) is 17.5 Å². The van der Waals surface area contributed by atoms with Gasteiger partial charge in [0.2, 0.25) is 0 Å². The fraction of sp³-hybridized carbons (Fsp3) is 0.300. The Bertz CT molecular complexity index is 358. The Balaban J connectivity index is 3.03. The molecular weight excluding hydrogens is 177 g/mol. The van der Waals surface area contributed by atoms with Gasteiger partial charge in [-0.05, 0) is 24.4 Å². The molecule has 0 amide bonds. The van der Waals surface area contributed by atoms with E-state index in [4.69, 9.17) is 15.3 Å². The molecule has 0 aliphatic carbocycles. The highest BCUT2D eigenvalue weighted by atomic mass is 16.4.